The smallest absolute Gasteiger partial charge is 0.272 e. The molecule has 0 atom stereocenters. The van der Waals surface area contributed by atoms with Crippen molar-refractivity contribution in [3.05, 3.63) is 70.5 Å². The molecule has 6 heteroatoms. The average molecular weight is 467 g/mol. The van der Waals surface area contributed by atoms with Gasteiger partial charge in [0.05, 0.1) is 11.1 Å². The van der Waals surface area contributed by atoms with E-state index in [0.717, 1.165) is 48.4 Å². The summed E-state index contributed by atoms with van der Waals surface area (Å²) in [6.45, 7) is 3.17. The SMILES string of the molecule is Cl.O=c1[nH]nc(-c2cccc(NCCCCCNCCC3=CCCCC3)c2)c2ccccc12. The van der Waals surface area contributed by atoms with Crippen LogP contribution in [0.15, 0.2) is 65.0 Å². The zero-order chi connectivity index (χ0) is 22.0. The molecule has 2 aromatic carbocycles. The van der Waals surface area contributed by atoms with Crippen molar-refractivity contribution in [2.45, 2.75) is 51.4 Å². The molecule has 0 fully saturated rings. The number of rotatable bonds is 11. The van der Waals surface area contributed by atoms with Gasteiger partial charge in [0.15, 0.2) is 0 Å². The molecule has 176 valence electrons. The van der Waals surface area contributed by atoms with Crippen LogP contribution in [-0.2, 0) is 0 Å². The Hall–Kier alpha value is -2.63. The highest BCUT2D eigenvalue weighted by Crippen LogP contribution is 2.26. The highest BCUT2D eigenvalue weighted by Gasteiger charge is 2.08. The summed E-state index contributed by atoms with van der Waals surface area (Å²) in [5.74, 6) is 0. The second-order valence-corrected chi connectivity index (χ2v) is 8.62. The van der Waals surface area contributed by atoms with E-state index in [0.29, 0.717) is 5.39 Å². The molecule has 0 amide bonds. The summed E-state index contributed by atoms with van der Waals surface area (Å²) in [4.78, 5) is 12.1. The molecule has 1 aromatic heterocycles. The molecule has 3 N–H and O–H groups in total. The van der Waals surface area contributed by atoms with Crippen LogP contribution in [0.3, 0.4) is 0 Å². The van der Waals surface area contributed by atoms with Gasteiger partial charge in [-0.3, -0.25) is 4.79 Å². The van der Waals surface area contributed by atoms with Crippen molar-refractivity contribution in [2.75, 3.05) is 25.0 Å². The number of fused-ring (bicyclic) bond motifs is 1. The van der Waals surface area contributed by atoms with Gasteiger partial charge in [-0.1, -0.05) is 48.4 Å². The molecule has 0 saturated heterocycles. The zero-order valence-electron chi connectivity index (χ0n) is 19.2. The largest absolute Gasteiger partial charge is 0.385 e. The molecule has 0 unspecified atom stereocenters. The van der Waals surface area contributed by atoms with Crippen LogP contribution in [0.2, 0.25) is 0 Å². The Morgan fingerprint density at radius 2 is 1.76 bits per heavy atom. The van der Waals surface area contributed by atoms with Crippen LogP contribution in [-0.4, -0.2) is 29.8 Å². The van der Waals surface area contributed by atoms with Crippen molar-refractivity contribution in [1.29, 1.82) is 0 Å². The molecule has 33 heavy (non-hydrogen) atoms. The van der Waals surface area contributed by atoms with Gasteiger partial charge in [0.25, 0.3) is 5.56 Å². The lowest BCUT2D eigenvalue weighted by molar-refractivity contribution is 0.595. The number of nitrogens with one attached hydrogen (secondary N) is 3. The van der Waals surface area contributed by atoms with Gasteiger partial charge >= 0.3 is 0 Å². The van der Waals surface area contributed by atoms with Crippen LogP contribution in [0.1, 0.15) is 51.4 Å². The van der Waals surface area contributed by atoms with E-state index < -0.39 is 0 Å². The monoisotopic (exact) mass is 466 g/mol. The van der Waals surface area contributed by atoms with Crippen molar-refractivity contribution in [2.24, 2.45) is 0 Å². The molecule has 3 aromatic rings. The summed E-state index contributed by atoms with van der Waals surface area (Å²) >= 11 is 0. The number of halogens is 1. The Labute approximate surface area is 202 Å². The van der Waals surface area contributed by atoms with Crippen molar-refractivity contribution < 1.29 is 0 Å². The lowest BCUT2D eigenvalue weighted by atomic mass is 9.97. The maximum Gasteiger partial charge on any atom is 0.272 e. The first-order valence-corrected chi connectivity index (χ1v) is 12.0. The number of aromatic nitrogens is 2. The lowest BCUT2D eigenvalue weighted by Crippen LogP contribution is -2.17. The van der Waals surface area contributed by atoms with Crippen LogP contribution in [0.25, 0.3) is 22.0 Å². The first kappa shape index (κ1) is 25.0. The fourth-order valence-corrected chi connectivity index (χ4v) is 4.40. The van der Waals surface area contributed by atoms with E-state index in [9.17, 15) is 4.79 Å². The molecule has 4 rings (SSSR count). The number of nitrogens with zero attached hydrogens (tertiary/aromatic N) is 1. The van der Waals surface area contributed by atoms with E-state index in [1.807, 2.05) is 36.4 Å². The minimum absolute atomic E-state index is 0. The minimum Gasteiger partial charge on any atom is -0.385 e. The second-order valence-electron chi connectivity index (χ2n) is 8.62. The Bertz CT molecular complexity index is 1110. The molecule has 0 saturated carbocycles. The number of H-pyrrole nitrogens is 1. The molecule has 1 heterocycles. The fourth-order valence-electron chi connectivity index (χ4n) is 4.40. The molecule has 1 aliphatic rings. The predicted molar refractivity (Wildman–Crippen MR) is 141 cm³/mol. The summed E-state index contributed by atoms with van der Waals surface area (Å²) in [5, 5.41) is 15.6. The topological polar surface area (TPSA) is 69.8 Å². The van der Waals surface area contributed by atoms with E-state index in [1.54, 1.807) is 5.57 Å². The van der Waals surface area contributed by atoms with E-state index in [4.69, 9.17) is 0 Å². The molecule has 0 radical (unpaired) electrons. The molecule has 5 nitrogen and oxygen atoms in total. The number of hydrogen-bond donors (Lipinski definition) is 3. The van der Waals surface area contributed by atoms with E-state index >= 15 is 0 Å². The van der Waals surface area contributed by atoms with Gasteiger partial charge in [0.1, 0.15) is 0 Å². The van der Waals surface area contributed by atoms with Crippen molar-refractivity contribution in [3.63, 3.8) is 0 Å². The fraction of sp³-hybridized carbons (Fsp3) is 0.407. The van der Waals surface area contributed by atoms with Gasteiger partial charge in [0.2, 0.25) is 0 Å². The van der Waals surface area contributed by atoms with Gasteiger partial charge in [-0.05, 0) is 76.2 Å². The number of unbranched alkanes of at least 4 members (excludes halogenated alkanes) is 2. The lowest BCUT2D eigenvalue weighted by Gasteiger charge is -2.13. The second kappa shape index (κ2) is 13.2. The maximum atomic E-state index is 12.1. The number of hydrogen-bond acceptors (Lipinski definition) is 4. The highest BCUT2D eigenvalue weighted by atomic mass is 35.5. The number of allylic oxidation sites excluding steroid dienone is 1. The molecular formula is C27H35ClN4O. The predicted octanol–water partition coefficient (Wildman–Crippen LogP) is 6.07. The Balaban J connectivity index is 0.00000306. The Morgan fingerprint density at radius 1 is 0.909 bits per heavy atom. The van der Waals surface area contributed by atoms with Gasteiger partial charge in [-0.25, -0.2) is 5.10 Å². The van der Waals surface area contributed by atoms with E-state index in [1.165, 1.54) is 44.9 Å². The van der Waals surface area contributed by atoms with Gasteiger partial charge in [0, 0.05) is 23.2 Å². The summed E-state index contributed by atoms with van der Waals surface area (Å²) in [5.41, 5.74) is 4.39. The highest BCUT2D eigenvalue weighted by molar-refractivity contribution is 5.94. The summed E-state index contributed by atoms with van der Waals surface area (Å²) in [6, 6.07) is 15.9. The molecule has 0 bridgehead atoms. The number of benzene rings is 2. The first-order valence-electron chi connectivity index (χ1n) is 12.0. The van der Waals surface area contributed by atoms with Crippen LogP contribution < -0.4 is 16.2 Å². The molecule has 0 spiro atoms. The minimum atomic E-state index is -0.154. The molecule has 0 aliphatic heterocycles. The van der Waals surface area contributed by atoms with Crippen molar-refractivity contribution >= 4 is 28.9 Å². The molecule has 1 aliphatic carbocycles. The summed E-state index contributed by atoms with van der Waals surface area (Å²) in [6.07, 6.45) is 12.6. The van der Waals surface area contributed by atoms with Crippen LogP contribution in [0, 0.1) is 0 Å². The quantitative estimate of drug-likeness (QED) is 0.237. The van der Waals surface area contributed by atoms with Crippen molar-refractivity contribution in [1.82, 2.24) is 15.5 Å². The third-order valence-electron chi connectivity index (χ3n) is 6.20. The third-order valence-corrected chi connectivity index (χ3v) is 6.20. The van der Waals surface area contributed by atoms with Gasteiger partial charge in [-0.15, -0.1) is 12.4 Å². The normalized spacial score (nSPS) is 13.4. The molecular weight excluding hydrogens is 432 g/mol. The Kier molecular flexibility index (Phi) is 9.98. The average Bonchev–Trinajstić information content (AvgIpc) is 2.84. The number of anilines is 1. The maximum absolute atomic E-state index is 12.1. The first-order chi connectivity index (χ1) is 15.8. The zero-order valence-corrected chi connectivity index (χ0v) is 20.1. The van der Waals surface area contributed by atoms with Crippen LogP contribution in [0.4, 0.5) is 5.69 Å². The Morgan fingerprint density at radius 3 is 2.61 bits per heavy atom. The standard InChI is InChI=1S/C27H34N4O.ClH/c32-27-25-15-6-5-14-24(25)26(30-31-27)22-12-9-13-23(20-22)29-18-8-2-7-17-28-19-16-21-10-3-1-4-11-21;/h5-6,9-10,12-15,20,28-29H,1-4,7-8,11,16-19H2,(H,31,32);1H. The van der Waals surface area contributed by atoms with Gasteiger partial charge in [-0.2, -0.15) is 5.10 Å². The van der Waals surface area contributed by atoms with Crippen molar-refractivity contribution in [3.8, 4) is 11.3 Å². The van der Waals surface area contributed by atoms with Gasteiger partial charge < -0.3 is 10.6 Å². The summed E-state index contributed by atoms with van der Waals surface area (Å²) < 4.78 is 0. The van der Waals surface area contributed by atoms with Crippen LogP contribution >= 0.6 is 12.4 Å². The third kappa shape index (κ3) is 7.18. The van der Waals surface area contributed by atoms with Crippen LogP contribution in [0.5, 0.6) is 0 Å². The van der Waals surface area contributed by atoms with E-state index in [2.05, 4.69) is 39.0 Å². The number of aromatic amines is 1. The summed E-state index contributed by atoms with van der Waals surface area (Å²) in [7, 11) is 0. The van der Waals surface area contributed by atoms with E-state index in [-0.39, 0.29) is 18.0 Å².